The molecule has 0 spiro atoms. The van der Waals surface area contributed by atoms with Crippen molar-refractivity contribution >= 4 is 48.7 Å². The summed E-state index contributed by atoms with van der Waals surface area (Å²) in [7, 11) is 0. The van der Waals surface area contributed by atoms with Crippen molar-refractivity contribution in [2.75, 3.05) is 5.32 Å². The minimum atomic E-state index is -4.44. The maximum atomic E-state index is 12.8. The Morgan fingerprint density at radius 3 is 2.50 bits per heavy atom. The van der Waals surface area contributed by atoms with Crippen LogP contribution < -0.4 is 5.32 Å². The van der Waals surface area contributed by atoms with Gasteiger partial charge in [0.1, 0.15) is 5.60 Å². The number of anilines is 1. The molecule has 0 unspecified atom stereocenters. The molecule has 0 saturated carbocycles. The van der Waals surface area contributed by atoms with E-state index >= 15 is 0 Å². The van der Waals surface area contributed by atoms with Crippen LogP contribution in [0.1, 0.15) is 26.3 Å². The third-order valence-corrected chi connectivity index (χ3v) is 3.91. The molecule has 0 aliphatic heterocycles. The maximum Gasteiger partial charge on any atom is 0.416 e. The fourth-order valence-electron chi connectivity index (χ4n) is 1.60. The van der Waals surface area contributed by atoms with Gasteiger partial charge in [0.15, 0.2) is 5.13 Å². The van der Waals surface area contributed by atoms with E-state index in [1.807, 2.05) is 0 Å². The first-order valence-corrected chi connectivity index (χ1v) is 7.74. The molecule has 9 heteroatoms. The molecule has 0 radical (unpaired) electrons. The highest BCUT2D eigenvalue weighted by atomic mass is 79.9. The second-order valence-corrected chi connectivity index (χ2v) is 7.33. The molecule has 1 aromatic carbocycles. The van der Waals surface area contributed by atoms with Gasteiger partial charge in [0, 0.05) is 4.47 Å². The summed E-state index contributed by atoms with van der Waals surface area (Å²) in [6.07, 6.45) is -5.15. The number of nitrogens with one attached hydrogen (secondary N) is 1. The highest BCUT2D eigenvalue weighted by Crippen LogP contribution is 2.38. The topological polar surface area (TPSA) is 51.2 Å². The molecule has 0 bridgehead atoms. The normalized spacial score (nSPS) is 12.5. The molecule has 1 heterocycles. The first-order chi connectivity index (χ1) is 9.95. The minimum absolute atomic E-state index is 0.171. The van der Waals surface area contributed by atoms with E-state index in [-0.39, 0.29) is 9.60 Å². The number of hydrogen-bond donors (Lipinski definition) is 1. The molecule has 1 aromatic heterocycles. The van der Waals surface area contributed by atoms with E-state index < -0.39 is 23.4 Å². The molecular formula is C13H12BrF3N2O2S. The van der Waals surface area contributed by atoms with Crippen LogP contribution in [0.15, 0.2) is 16.6 Å². The number of aromatic nitrogens is 1. The number of alkyl halides is 3. The zero-order valence-corrected chi connectivity index (χ0v) is 14.2. The van der Waals surface area contributed by atoms with E-state index in [0.717, 1.165) is 23.5 Å². The Morgan fingerprint density at radius 2 is 1.95 bits per heavy atom. The Morgan fingerprint density at radius 1 is 1.32 bits per heavy atom. The highest BCUT2D eigenvalue weighted by molar-refractivity contribution is 9.10. The zero-order chi connectivity index (χ0) is 16.7. The van der Waals surface area contributed by atoms with Gasteiger partial charge in [-0.3, -0.25) is 5.32 Å². The van der Waals surface area contributed by atoms with E-state index in [0.29, 0.717) is 10.2 Å². The van der Waals surface area contributed by atoms with Crippen LogP contribution in [0.5, 0.6) is 0 Å². The van der Waals surface area contributed by atoms with Gasteiger partial charge in [-0.15, -0.1) is 0 Å². The summed E-state index contributed by atoms with van der Waals surface area (Å²) in [6, 6.07) is 1.96. The van der Waals surface area contributed by atoms with Crippen LogP contribution in [-0.2, 0) is 10.9 Å². The van der Waals surface area contributed by atoms with Gasteiger partial charge in [-0.2, -0.15) is 13.2 Å². The van der Waals surface area contributed by atoms with Gasteiger partial charge in [0.25, 0.3) is 0 Å². The summed E-state index contributed by atoms with van der Waals surface area (Å²) in [5, 5.41) is 2.59. The lowest BCUT2D eigenvalue weighted by Crippen LogP contribution is -2.27. The van der Waals surface area contributed by atoms with Gasteiger partial charge >= 0.3 is 12.3 Å². The van der Waals surface area contributed by atoms with E-state index in [4.69, 9.17) is 4.74 Å². The molecule has 2 rings (SSSR count). The molecular weight excluding hydrogens is 385 g/mol. The van der Waals surface area contributed by atoms with Crippen molar-refractivity contribution in [3.05, 3.63) is 22.2 Å². The molecule has 120 valence electrons. The summed E-state index contributed by atoms with van der Waals surface area (Å²) in [6.45, 7) is 5.12. The quantitative estimate of drug-likeness (QED) is 0.699. The third-order valence-electron chi connectivity index (χ3n) is 2.38. The second kappa shape index (κ2) is 5.69. The molecule has 1 amide bonds. The number of carbonyl (C=O) groups is 1. The van der Waals surface area contributed by atoms with Gasteiger partial charge < -0.3 is 4.74 Å². The summed E-state index contributed by atoms with van der Waals surface area (Å²) < 4.78 is 43.9. The lowest BCUT2D eigenvalue weighted by molar-refractivity contribution is -0.137. The van der Waals surface area contributed by atoms with Crippen molar-refractivity contribution in [2.45, 2.75) is 32.5 Å². The van der Waals surface area contributed by atoms with E-state index in [2.05, 4.69) is 26.2 Å². The average molecular weight is 397 g/mol. The van der Waals surface area contributed by atoms with Crippen LogP contribution in [0.3, 0.4) is 0 Å². The van der Waals surface area contributed by atoms with Crippen LogP contribution in [0, 0.1) is 0 Å². The summed E-state index contributed by atoms with van der Waals surface area (Å²) in [5.41, 5.74) is -1.10. The molecule has 0 aliphatic rings. The number of fused-ring (bicyclic) bond motifs is 1. The monoisotopic (exact) mass is 396 g/mol. The zero-order valence-electron chi connectivity index (χ0n) is 11.8. The SMILES string of the molecule is CC(C)(C)OC(=O)Nc1nc2c(Br)cc(C(F)(F)F)cc2s1. The second-order valence-electron chi connectivity index (χ2n) is 5.45. The number of carbonyl (C=O) groups excluding carboxylic acids is 1. The average Bonchev–Trinajstić information content (AvgIpc) is 2.67. The molecule has 0 saturated heterocycles. The van der Waals surface area contributed by atoms with Crippen LogP contribution >= 0.6 is 27.3 Å². The predicted octanol–water partition coefficient (Wildman–Crippen LogP) is 5.42. The van der Waals surface area contributed by atoms with Crippen LogP contribution in [0.25, 0.3) is 10.2 Å². The van der Waals surface area contributed by atoms with Crippen molar-refractivity contribution in [1.82, 2.24) is 4.98 Å². The lowest BCUT2D eigenvalue weighted by atomic mass is 10.2. The van der Waals surface area contributed by atoms with Crippen LogP contribution in [0.4, 0.5) is 23.1 Å². The molecule has 0 atom stereocenters. The summed E-state index contributed by atoms with van der Waals surface area (Å²) >= 11 is 4.01. The number of hydrogen-bond acceptors (Lipinski definition) is 4. The lowest BCUT2D eigenvalue weighted by Gasteiger charge is -2.18. The van der Waals surface area contributed by atoms with Gasteiger partial charge in [-0.05, 0) is 48.8 Å². The number of amides is 1. The van der Waals surface area contributed by atoms with Gasteiger partial charge in [-0.1, -0.05) is 11.3 Å². The molecule has 0 fully saturated rings. The Hall–Kier alpha value is -1.35. The molecule has 22 heavy (non-hydrogen) atoms. The van der Waals surface area contributed by atoms with Gasteiger partial charge in [-0.25, -0.2) is 9.78 Å². The highest BCUT2D eigenvalue weighted by Gasteiger charge is 2.31. The molecule has 1 N–H and O–H groups in total. The van der Waals surface area contributed by atoms with Crippen molar-refractivity contribution in [2.24, 2.45) is 0 Å². The largest absolute Gasteiger partial charge is 0.444 e. The Kier molecular flexibility index (Phi) is 4.40. The summed E-state index contributed by atoms with van der Waals surface area (Å²) in [5.74, 6) is 0. The standard InChI is InChI=1S/C13H12BrF3N2O2S/c1-12(2,3)21-11(20)19-10-18-9-7(14)4-6(13(15,16)17)5-8(9)22-10/h4-5H,1-3H3,(H,18,19,20). The Bertz CT molecular complexity index is 722. The van der Waals surface area contributed by atoms with Crippen molar-refractivity contribution in [1.29, 1.82) is 0 Å². The van der Waals surface area contributed by atoms with E-state index in [9.17, 15) is 18.0 Å². The molecule has 0 aliphatic carbocycles. The van der Waals surface area contributed by atoms with Crippen molar-refractivity contribution < 1.29 is 22.7 Å². The van der Waals surface area contributed by atoms with Gasteiger partial charge in [0.2, 0.25) is 0 Å². The minimum Gasteiger partial charge on any atom is -0.444 e. The number of ether oxygens (including phenoxy) is 1. The third kappa shape index (κ3) is 4.10. The number of thiazole rings is 1. The number of rotatable bonds is 1. The Labute approximate surface area is 136 Å². The van der Waals surface area contributed by atoms with E-state index in [1.54, 1.807) is 20.8 Å². The maximum absolute atomic E-state index is 12.8. The van der Waals surface area contributed by atoms with Crippen molar-refractivity contribution in [3.8, 4) is 0 Å². The fraction of sp³-hybridized carbons (Fsp3) is 0.385. The first-order valence-electron chi connectivity index (χ1n) is 6.13. The smallest absolute Gasteiger partial charge is 0.416 e. The van der Waals surface area contributed by atoms with Crippen LogP contribution in [0.2, 0.25) is 0 Å². The Balaban J connectivity index is 2.31. The first kappa shape index (κ1) is 17.0. The molecule has 2 aromatic rings. The van der Waals surface area contributed by atoms with Crippen molar-refractivity contribution in [3.63, 3.8) is 0 Å². The molecule has 4 nitrogen and oxygen atoms in total. The van der Waals surface area contributed by atoms with Gasteiger partial charge in [0.05, 0.1) is 15.8 Å². The predicted molar refractivity (Wildman–Crippen MR) is 82.2 cm³/mol. The van der Waals surface area contributed by atoms with E-state index in [1.165, 1.54) is 0 Å². The summed E-state index contributed by atoms with van der Waals surface area (Å²) in [4.78, 5) is 15.8. The fourth-order valence-corrected chi connectivity index (χ4v) is 3.19. The number of benzene rings is 1. The van der Waals surface area contributed by atoms with Crippen LogP contribution in [-0.4, -0.2) is 16.7 Å². The number of halogens is 4. The number of nitrogens with zero attached hydrogens (tertiary/aromatic N) is 1.